The van der Waals surface area contributed by atoms with Gasteiger partial charge in [-0.2, -0.15) is 0 Å². The van der Waals surface area contributed by atoms with E-state index in [-0.39, 0.29) is 0 Å². The normalized spacial score (nSPS) is 18.9. The van der Waals surface area contributed by atoms with E-state index in [1.165, 1.54) is 10.4 Å². The molecule has 110 valence electrons. The molecule has 4 nitrogen and oxygen atoms in total. The van der Waals surface area contributed by atoms with E-state index < -0.39 is 11.4 Å². The van der Waals surface area contributed by atoms with Gasteiger partial charge < -0.3 is 5.11 Å². The van der Waals surface area contributed by atoms with Gasteiger partial charge in [0.05, 0.1) is 5.41 Å². The summed E-state index contributed by atoms with van der Waals surface area (Å²) in [5.74, 6) is -0.645. The summed E-state index contributed by atoms with van der Waals surface area (Å²) in [5, 5.41) is 9.54. The summed E-state index contributed by atoms with van der Waals surface area (Å²) in [7, 11) is 0. The number of nitrogens with zero attached hydrogens (tertiary/aromatic N) is 2. The van der Waals surface area contributed by atoms with Crippen LogP contribution in [0, 0.1) is 12.3 Å². The largest absolute Gasteiger partial charge is 0.481 e. The number of carboxylic acid groups (broad SMARTS) is 1. The van der Waals surface area contributed by atoms with Gasteiger partial charge in [-0.25, -0.2) is 4.37 Å². The molecule has 1 aromatic rings. The fraction of sp³-hybridized carbons (Fsp3) is 0.600. The molecule has 0 spiro atoms. The highest BCUT2D eigenvalue weighted by molar-refractivity contribution is 7.05. The molecule has 0 bridgehead atoms. The fourth-order valence-electron chi connectivity index (χ4n) is 2.76. The van der Waals surface area contributed by atoms with E-state index in [1.54, 1.807) is 11.5 Å². The van der Waals surface area contributed by atoms with Crippen molar-refractivity contribution in [2.75, 3.05) is 13.1 Å². The molecule has 0 saturated carbocycles. The number of hydrogen-bond acceptors (Lipinski definition) is 4. The van der Waals surface area contributed by atoms with Crippen LogP contribution in [0.3, 0.4) is 0 Å². The monoisotopic (exact) mass is 294 g/mol. The SMILES string of the molecule is C=CCCC1(C(=O)O)CCN(Cc2sncc2C)CC1. The second-order valence-electron chi connectivity index (χ2n) is 5.62. The van der Waals surface area contributed by atoms with E-state index in [1.807, 2.05) is 12.3 Å². The van der Waals surface area contributed by atoms with Gasteiger partial charge in [0.2, 0.25) is 0 Å². The van der Waals surface area contributed by atoms with Crippen molar-refractivity contribution in [2.24, 2.45) is 5.41 Å². The van der Waals surface area contributed by atoms with Gasteiger partial charge in [-0.15, -0.1) is 6.58 Å². The molecule has 1 N–H and O–H groups in total. The maximum Gasteiger partial charge on any atom is 0.309 e. The second-order valence-corrected chi connectivity index (χ2v) is 6.51. The Balaban J connectivity index is 1.94. The highest BCUT2D eigenvalue weighted by Gasteiger charge is 2.40. The zero-order valence-corrected chi connectivity index (χ0v) is 12.8. The first kappa shape index (κ1) is 15.2. The van der Waals surface area contributed by atoms with Crippen molar-refractivity contribution in [3.05, 3.63) is 29.3 Å². The predicted molar refractivity (Wildman–Crippen MR) is 80.9 cm³/mol. The molecule has 1 aromatic heterocycles. The molecular formula is C15H22N2O2S. The molecular weight excluding hydrogens is 272 g/mol. The minimum atomic E-state index is -0.645. The van der Waals surface area contributed by atoms with Crippen molar-refractivity contribution in [2.45, 2.75) is 39.2 Å². The molecule has 0 radical (unpaired) electrons. The fourth-order valence-corrected chi connectivity index (χ4v) is 3.53. The van der Waals surface area contributed by atoms with Crippen LogP contribution in [-0.2, 0) is 11.3 Å². The number of likely N-dealkylation sites (tertiary alicyclic amines) is 1. The van der Waals surface area contributed by atoms with E-state index in [4.69, 9.17) is 0 Å². The van der Waals surface area contributed by atoms with Crippen LogP contribution in [0.25, 0.3) is 0 Å². The van der Waals surface area contributed by atoms with Gasteiger partial charge in [0.1, 0.15) is 0 Å². The predicted octanol–water partition coefficient (Wildman–Crippen LogP) is 3.08. The Hall–Kier alpha value is -1.20. The average Bonchev–Trinajstić information content (AvgIpc) is 2.83. The van der Waals surface area contributed by atoms with Crippen molar-refractivity contribution < 1.29 is 9.90 Å². The van der Waals surface area contributed by atoms with Crippen molar-refractivity contribution in [3.8, 4) is 0 Å². The number of piperidine rings is 1. The first-order valence-corrected chi connectivity index (χ1v) is 7.81. The zero-order valence-electron chi connectivity index (χ0n) is 12.0. The topological polar surface area (TPSA) is 53.4 Å². The van der Waals surface area contributed by atoms with Crippen LogP contribution in [0.4, 0.5) is 0 Å². The number of aromatic nitrogens is 1. The lowest BCUT2D eigenvalue weighted by Crippen LogP contribution is -2.44. The molecule has 1 aliphatic heterocycles. The van der Waals surface area contributed by atoms with E-state index in [0.717, 1.165) is 38.9 Å². The number of aliphatic carboxylic acids is 1. The lowest BCUT2D eigenvalue weighted by Gasteiger charge is -2.38. The van der Waals surface area contributed by atoms with Gasteiger partial charge in [-0.3, -0.25) is 9.69 Å². The summed E-state index contributed by atoms with van der Waals surface area (Å²) in [5.41, 5.74) is 0.685. The molecule has 0 aromatic carbocycles. The third-order valence-electron chi connectivity index (χ3n) is 4.31. The summed E-state index contributed by atoms with van der Waals surface area (Å²) in [6.45, 7) is 8.37. The molecule has 2 rings (SSSR count). The quantitative estimate of drug-likeness (QED) is 0.819. The molecule has 2 heterocycles. The molecule has 0 amide bonds. The molecule has 1 fully saturated rings. The number of allylic oxidation sites excluding steroid dienone is 1. The lowest BCUT2D eigenvalue weighted by atomic mass is 9.75. The summed E-state index contributed by atoms with van der Waals surface area (Å²) < 4.78 is 4.19. The zero-order chi connectivity index (χ0) is 14.6. The number of carbonyl (C=O) groups is 1. The molecule has 0 aliphatic carbocycles. The standard InChI is InChI=1S/C15H22N2O2S/c1-3-4-5-15(14(18)19)6-8-17(9-7-15)11-13-12(2)10-16-20-13/h3,10H,1,4-9,11H2,2H3,(H,18,19). The molecule has 0 atom stereocenters. The number of carboxylic acids is 1. The van der Waals surface area contributed by atoms with Crippen molar-refractivity contribution in [3.63, 3.8) is 0 Å². The summed E-state index contributed by atoms with van der Waals surface area (Å²) in [4.78, 5) is 15.2. The van der Waals surface area contributed by atoms with Crippen LogP contribution in [0.5, 0.6) is 0 Å². The Morgan fingerprint density at radius 1 is 1.60 bits per heavy atom. The third-order valence-corrected chi connectivity index (χ3v) is 5.19. The van der Waals surface area contributed by atoms with Crippen LogP contribution in [0.15, 0.2) is 18.9 Å². The van der Waals surface area contributed by atoms with Gasteiger partial charge >= 0.3 is 5.97 Å². The van der Waals surface area contributed by atoms with Crippen LogP contribution in [-0.4, -0.2) is 33.4 Å². The van der Waals surface area contributed by atoms with E-state index >= 15 is 0 Å². The molecule has 5 heteroatoms. The molecule has 1 saturated heterocycles. The minimum absolute atomic E-state index is 0.548. The van der Waals surface area contributed by atoms with Gasteiger partial charge in [-0.1, -0.05) is 6.08 Å². The van der Waals surface area contributed by atoms with Crippen molar-refractivity contribution in [1.29, 1.82) is 0 Å². The Morgan fingerprint density at radius 3 is 2.80 bits per heavy atom. The highest BCUT2D eigenvalue weighted by atomic mass is 32.1. The Bertz CT molecular complexity index is 476. The summed E-state index contributed by atoms with van der Waals surface area (Å²) >= 11 is 1.54. The maximum atomic E-state index is 11.6. The van der Waals surface area contributed by atoms with Gasteiger partial charge in [0, 0.05) is 17.6 Å². The van der Waals surface area contributed by atoms with Crippen LogP contribution >= 0.6 is 11.5 Å². The Labute approximate surface area is 124 Å². The lowest BCUT2D eigenvalue weighted by molar-refractivity contribution is -0.152. The van der Waals surface area contributed by atoms with E-state index in [9.17, 15) is 9.90 Å². The number of hydrogen-bond donors (Lipinski definition) is 1. The third kappa shape index (κ3) is 3.27. The van der Waals surface area contributed by atoms with Crippen LogP contribution in [0.2, 0.25) is 0 Å². The van der Waals surface area contributed by atoms with Crippen LogP contribution in [0.1, 0.15) is 36.1 Å². The number of aryl methyl sites for hydroxylation is 1. The van der Waals surface area contributed by atoms with E-state index in [2.05, 4.69) is 22.8 Å². The van der Waals surface area contributed by atoms with E-state index in [0.29, 0.717) is 6.42 Å². The first-order chi connectivity index (χ1) is 9.57. The molecule has 1 aliphatic rings. The second kappa shape index (κ2) is 6.50. The Morgan fingerprint density at radius 2 is 2.30 bits per heavy atom. The number of rotatable bonds is 6. The Kier molecular flexibility index (Phi) is 4.94. The average molecular weight is 294 g/mol. The van der Waals surface area contributed by atoms with Crippen molar-refractivity contribution in [1.82, 2.24) is 9.27 Å². The maximum absolute atomic E-state index is 11.6. The van der Waals surface area contributed by atoms with Gasteiger partial charge in [0.25, 0.3) is 0 Å². The van der Waals surface area contributed by atoms with Gasteiger partial charge in [0.15, 0.2) is 0 Å². The highest BCUT2D eigenvalue weighted by Crippen LogP contribution is 2.37. The summed E-state index contributed by atoms with van der Waals surface area (Å²) in [6.07, 6.45) is 6.66. The first-order valence-electron chi connectivity index (χ1n) is 7.04. The molecule has 0 unspecified atom stereocenters. The smallest absolute Gasteiger partial charge is 0.309 e. The van der Waals surface area contributed by atoms with Crippen LogP contribution < -0.4 is 0 Å². The van der Waals surface area contributed by atoms with Gasteiger partial charge in [-0.05, 0) is 62.8 Å². The summed E-state index contributed by atoms with van der Waals surface area (Å²) in [6, 6.07) is 0. The minimum Gasteiger partial charge on any atom is -0.481 e. The molecule has 20 heavy (non-hydrogen) atoms. The van der Waals surface area contributed by atoms with Crippen molar-refractivity contribution >= 4 is 17.5 Å².